The molecule has 0 radical (unpaired) electrons. The molecule has 1 atom stereocenters. The number of amides is 1. The minimum absolute atomic E-state index is 0.0206. The number of rotatable bonds is 4. The van der Waals surface area contributed by atoms with E-state index in [1.165, 1.54) is 4.88 Å². The molecule has 0 bridgehead atoms. The van der Waals surface area contributed by atoms with Crippen LogP contribution in [0.5, 0.6) is 11.5 Å². The minimum atomic E-state index is -0.341. The fourth-order valence-corrected chi connectivity index (χ4v) is 4.14. The van der Waals surface area contributed by atoms with Gasteiger partial charge in [-0.3, -0.25) is 4.79 Å². The lowest BCUT2D eigenvalue weighted by molar-refractivity contribution is -0.122. The standard InChI is InChI=1S/C21H19NO2S/c1-14(13-15-7-6-12-25-15)22-21(23)20-16-8-2-4-10-18(16)24-19-11-5-3-9-17(19)20/h2-12,14,20H,13H2,1H3,(H,22,23). The van der Waals surface area contributed by atoms with Gasteiger partial charge >= 0.3 is 0 Å². The summed E-state index contributed by atoms with van der Waals surface area (Å²) in [6.07, 6.45) is 0.843. The van der Waals surface area contributed by atoms with E-state index in [2.05, 4.69) is 23.7 Å². The highest BCUT2D eigenvalue weighted by Gasteiger charge is 2.32. The Morgan fingerprint density at radius 3 is 2.28 bits per heavy atom. The van der Waals surface area contributed by atoms with Crippen molar-refractivity contribution in [3.8, 4) is 11.5 Å². The number of para-hydroxylation sites is 2. The molecule has 126 valence electrons. The summed E-state index contributed by atoms with van der Waals surface area (Å²) in [5.74, 6) is 1.19. The van der Waals surface area contributed by atoms with Gasteiger partial charge in [0, 0.05) is 28.5 Å². The van der Waals surface area contributed by atoms with Crippen LogP contribution in [-0.2, 0) is 11.2 Å². The van der Waals surface area contributed by atoms with Gasteiger partial charge in [0.2, 0.25) is 5.91 Å². The number of thiophene rings is 1. The molecule has 4 heteroatoms. The van der Waals surface area contributed by atoms with Crippen LogP contribution in [-0.4, -0.2) is 11.9 Å². The van der Waals surface area contributed by atoms with Gasteiger partial charge in [0.15, 0.2) is 0 Å². The van der Waals surface area contributed by atoms with Crippen LogP contribution >= 0.6 is 11.3 Å². The van der Waals surface area contributed by atoms with Crippen LogP contribution in [0.1, 0.15) is 28.8 Å². The van der Waals surface area contributed by atoms with Crippen LogP contribution in [0, 0.1) is 0 Å². The van der Waals surface area contributed by atoms with Crippen molar-refractivity contribution in [2.24, 2.45) is 0 Å². The molecule has 2 aromatic carbocycles. The molecule has 0 fully saturated rings. The van der Waals surface area contributed by atoms with Gasteiger partial charge < -0.3 is 10.1 Å². The lowest BCUT2D eigenvalue weighted by Crippen LogP contribution is -2.38. The summed E-state index contributed by atoms with van der Waals surface area (Å²) in [6.45, 7) is 2.05. The second-order valence-electron chi connectivity index (χ2n) is 6.30. The molecule has 1 aliphatic rings. The zero-order valence-electron chi connectivity index (χ0n) is 13.9. The molecule has 0 aliphatic carbocycles. The van der Waals surface area contributed by atoms with Gasteiger partial charge in [-0.15, -0.1) is 11.3 Å². The van der Waals surface area contributed by atoms with Gasteiger partial charge in [0.1, 0.15) is 11.5 Å². The summed E-state index contributed by atoms with van der Waals surface area (Å²) in [5, 5.41) is 5.25. The summed E-state index contributed by atoms with van der Waals surface area (Å²) < 4.78 is 5.97. The maximum Gasteiger partial charge on any atom is 0.232 e. The van der Waals surface area contributed by atoms with E-state index in [-0.39, 0.29) is 17.9 Å². The number of hydrogen-bond acceptors (Lipinski definition) is 3. The molecule has 0 saturated carbocycles. The highest BCUT2D eigenvalue weighted by molar-refractivity contribution is 7.09. The third-order valence-electron chi connectivity index (χ3n) is 4.42. The number of nitrogens with one attached hydrogen (secondary N) is 1. The Morgan fingerprint density at radius 2 is 1.68 bits per heavy atom. The van der Waals surface area contributed by atoms with Crippen molar-refractivity contribution in [3.05, 3.63) is 82.0 Å². The van der Waals surface area contributed by atoms with Gasteiger partial charge in [-0.25, -0.2) is 0 Å². The number of hydrogen-bond donors (Lipinski definition) is 1. The first-order chi connectivity index (χ1) is 12.2. The first kappa shape index (κ1) is 15.9. The number of ether oxygens (including phenoxy) is 1. The number of fused-ring (bicyclic) bond motifs is 2. The lowest BCUT2D eigenvalue weighted by atomic mass is 9.87. The third kappa shape index (κ3) is 3.17. The van der Waals surface area contributed by atoms with Crippen LogP contribution < -0.4 is 10.1 Å². The molecule has 25 heavy (non-hydrogen) atoms. The number of carbonyl (C=O) groups is 1. The van der Waals surface area contributed by atoms with E-state index in [4.69, 9.17) is 4.74 Å². The molecule has 1 aromatic heterocycles. The van der Waals surface area contributed by atoms with Gasteiger partial charge in [-0.1, -0.05) is 42.5 Å². The Balaban J connectivity index is 1.61. The first-order valence-corrected chi connectivity index (χ1v) is 9.29. The van der Waals surface area contributed by atoms with E-state index < -0.39 is 0 Å². The Bertz CT molecular complexity index is 843. The van der Waals surface area contributed by atoms with Crippen LogP contribution in [0.4, 0.5) is 0 Å². The number of carbonyl (C=O) groups excluding carboxylic acids is 1. The molecule has 4 rings (SSSR count). The molecule has 3 aromatic rings. The van der Waals surface area contributed by atoms with Crippen molar-refractivity contribution in [3.63, 3.8) is 0 Å². The van der Waals surface area contributed by atoms with Crippen LogP contribution in [0.3, 0.4) is 0 Å². The minimum Gasteiger partial charge on any atom is -0.457 e. The fraction of sp³-hybridized carbons (Fsp3) is 0.190. The molecule has 1 aliphatic heterocycles. The van der Waals surface area contributed by atoms with Crippen LogP contribution in [0.25, 0.3) is 0 Å². The van der Waals surface area contributed by atoms with E-state index in [0.29, 0.717) is 0 Å². The average Bonchev–Trinajstić information content (AvgIpc) is 3.12. The Kier molecular flexibility index (Phi) is 4.28. The molecule has 1 N–H and O–H groups in total. The third-order valence-corrected chi connectivity index (χ3v) is 5.32. The predicted molar refractivity (Wildman–Crippen MR) is 100 cm³/mol. The van der Waals surface area contributed by atoms with Crippen LogP contribution in [0.2, 0.25) is 0 Å². The van der Waals surface area contributed by atoms with Crippen molar-refractivity contribution < 1.29 is 9.53 Å². The van der Waals surface area contributed by atoms with E-state index in [9.17, 15) is 4.79 Å². The first-order valence-electron chi connectivity index (χ1n) is 8.41. The summed E-state index contributed by atoms with van der Waals surface area (Å²) in [6, 6.07) is 19.8. The highest BCUT2D eigenvalue weighted by Crippen LogP contribution is 2.43. The lowest BCUT2D eigenvalue weighted by Gasteiger charge is -2.28. The van der Waals surface area contributed by atoms with Gasteiger partial charge in [0.25, 0.3) is 0 Å². The summed E-state index contributed by atoms with van der Waals surface area (Å²) in [5.41, 5.74) is 1.84. The average molecular weight is 349 g/mol. The summed E-state index contributed by atoms with van der Waals surface area (Å²) in [4.78, 5) is 14.4. The topological polar surface area (TPSA) is 38.3 Å². The van der Waals surface area contributed by atoms with Crippen molar-refractivity contribution in [2.45, 2.75) is 25.3 Å². The Morgan fingerprint density at radius 1 is 1.04 bits per heavy atom. The van der Waals surface area contributed by atoms with Crippen molar-refractivity contribution in [1.82, 2.24) is 5.32 Å². The molecule has 0 saturated heterocycles. The SMILES string of the molecule is CC(Cc1cccs1)NC(=O)C1c2ccccc2Oc2ccccc21. The number of benzene rings is 2. The Hall–Kier alpha value is -2.59. The van der Waals surface area contributed by atoms with E-state index in [1.54, 1.807) is 11.3 Å². The molecule has 2 heterocycles. The molecule has 1 amide bonds. The second kappa shape index (κ2) is 6.73. The maximum atomic E-state index is 13.1. The normalized spacial score (nSPS) is 14.1. The molecule has 3 nitrogen and oxygen atoms in total. The van der Waals surface area contributed by atoms with E-state index >= 15 is 0 Å². The maximum absolute atomic E-state index is 13.1. The zero-order valence-corrected chi connectivity index (χ0v) is 14.8. The van der Waals surface area contributed by atoms with Crippen molar-refractivity contribution in [1.29, 1.82) is 0 Å². The highest BCUT2D eigenvalue weighted by atomic mass is 32.1. The van der Waals surface area contributed by atoms with E-state index in [0.717, 1.165) is 29.0 Å². The molecular weight excluding hydrogens is 330 g/mol. The van der Waals surface area contributed by atoms with E-state index in [1.807, 2.05) is 54.6 Å². The second-order valence-corrected chi connectivity index (χ2v) is 7.34. The largest absolute Gasteiger partial charge is 0.457 e. The van der Waals surface area contributed by atoms with Crippen molar-refractivity contribution in [2.75, 3.05) is 0 Å². The van der Waals surface area contributed by atoms with Gasteiger partial charge in [-0.05, 0) is 30.5 Å². The predicted octanol–water partition coefficient (Wildman–Crippen LogP) is 4.73. The van der Waals surface area contributed by atoms with Gasteiger partial charge in [-0.2, -0.15) is 0 Å². The molecule has 1 unspecified atom stereocenters. The van der Waals surface area contributed by atoms with Crippen LogP contribution in [0.15, 0.2) is 66.0 Å². The Labute approximate surface area is 151 Å². The monoisotopic (exact) mass is 349 g/mol. The van der Waals surface area contributed by atoms with Gasteiger partial charge in [0.05, 0.1) is 5.92 Å². The summed E-state index contributed by atoms with van der Waals surface area (Å²) >= 11 is 1.72. The summed E-state index contributed by atoms with van der Waals surface area (Å²) in [7, 11) is 0. The van der Waals surface area contributed by atoms with Crippen molar-refractivity contribution >= 4 is 17.2 Å². The molecular formula is C21H19NO2S. The molecule has 0 spiro atoms. The quantitative estimate of drug-likeness (QED) is 0.739. The zero-order chi connectivity index (χ0) is 17.2. The smallest absolute Gasteiger partial charge is 0.232 e. The fourth-order valence-electron chi connectivity index (χ4n) is 3.30.